The number of amides is 1. The average Bonchev–Trinajstić information content (AvgIpc) is 2.91. The Balaban J connectivity index is 1.40. The van der Waals surface area contributed by atoms with Crippen molar-refractivity contribution in [2.45, 2.75) is 12.7 Å². The van der Waals surface area contributed by atoms with E-state index in [0.717, 1.165) is 23.3 Å². The van der Waals surface area contributed by atoms with Crippen LogP contribution in [0.2, 0.25) is 5.02 Å². The number of benzene rings is 3. The van der Waals surface area contributed by atoms with Crippen LogP contribution in [0, 0.1) is 11.6 Å². The third kappa shape index (κ3) is 6.71. The second-order valence-electron chi connectivity index (χ2n) is 8.73. The van der Waals surface area contributed by atoms with Crippen LogP contribution in [0.25, 0.3) is 0 Å². The molecule has 3 aromatic carbocycles. The smallest absolute Gasteiger partial charge is 0.337 e. The first-order valence-corrected chi connectivity index (χ1v) is 12.2. The highest BCUT2D eigenvalue weighted by molar-refractivity contribution is 6.30. The van der Waals surface area contributed by atoms with Gasteiger partial charge in [-0.2, -0.15) is 0 Å². The highest BCUT2D eigenvalue weighted by Gasteiger charge is 2.28. The van der Waals surface area contributed by atoms with Crippen molar-refractivity contribution >= 4 is 23.5 Å². The molecule has 0 bridgehead atoms. The van der Waals surface area contributed by atoms with Crippen molar-refractivity contribution in [2.24, 2.45) is 0 Å². The number of nitrogens with zero attached hydrogens (tertiary/aromatic N) is 2. The fraction of sp³-hybridized carbons (Fsp3) is 0.286. The van der Waals surface area contributed by atoms with Gasteiger partial charge in [-0.05, 0) is 47.5 Å². The first-order chi connectivity index (χ1) is 17.9. The van der Waals surface area contributed by atoms with Gasteiger partial charge in [-0.25, -0.2) is 13.6 Å². The maximum Gasteiger partial charge on any atom is 0.337 e. The Kier molecular flexibility index (Phi) is 8.87. The molecule has 0 N–H and O–H groups in total. The minimum absolute atomic E-state index is 0.288. The van der Waals surface area contributed by atoms with Crippen molar-refractivity contribution in [1.29, 1.82) is 0 Å². The molecule has 0 aliphatic carbocycles. The highest BCUT2D eigenvalue weighted by atomic mass is 35.5. The SMILES string of the molecule is COC(=O)c1ccc(CO[C@@H](CN2CCN(C(=O)c3c(F)cccc3F)CC2)c2ccc(Cl)cc2)cc1. The van der Waals surface area contributed by atoms with E-state index in [1.54, 1.807) is 24.3 Å². The van der Waals surface area contributed by atoms with Crippen LogP contribution in [0.5, 0.6) is 0 Å². The van der Waals surface area contributed by atoms with Crippen molar-refractivity contribution in [2.75, 3.05) is 39.8 Å². The lowest BCUT2D eigenvalue weighted by Gasteiger charge is -2.36. The van der Waals surface area contributed by atoms with E-state index < -0.39 is 29.1 Å². The lowest BCUT2D eigenvalue weighted by atomic mass is 10.1. The third-order valence-corrected chi connectivity index (χ3v) is 6.58. The minimum atomic E-state index is -0.858. The molecular weight excluding hydrogens is 502 g/mol. The second-order valence-corrected chi connectivity index (χ2v) is 9.17. The summed E-state index contributed by atoms with van der Waals surface area (Å²) in [6.45, 7) is 2.62. The van der Waals surface area contributed by atoms with Gasteiger partial charge >= 0.3 is 5.97 Å². The number of ether oxygens (including phenoxy) is 2. The number of methoxy groups -OCH3 is 1. The molecule has 0 radical (unpaired) electrons. The van der Waals surface area contributed by atoms with Gasteiger partial charge in [-0.1, -0.05) is 41.9 Å². The van der Waals surface area contributed by atoms with Gasteiger partial charge in [0.2, 0.25) is 0 Å². The van der Waals surface area contributed by atoms with Crippen LogP contribution in [0.15, 0.2) is 66.7 Å². The quantitative estimate of drug-likeness (QED) is 0.380. The fourth-order valence-electron chi connectivity index (χ4n) is 4.21. The molecule has 0 aromatic heterocycles. The van der Waals surface area contributed by atoms with Crippen LogP contribution in [0.1, 0.15) is 37.9 Å². The van der Waals surface area contributed by atoms with Crippen molar-refractivity contribution in [3.63, 3.8) is 0 Å². The van der Waals surface area contributed by atoms with Gasteiger partial charge in [0.1, 0.15) is 17.2 Å². The Morgan fingerprint density at radius 1 is 0.919 bits per heavy atom. The highest BCUT2D eigenvalue weighted by Crippen LogP contribution is 2.24. The van der Waals surface area contributed by atoms with Gasteiger partial charge in [-0.15, -0.1) is 0 Å². The lowest BCUT2D eigenvalue weighted by molar-refractivity contribution is 0.00332. The third-order valence-electron chi connectivity index (χ3n) is 6.33. The van der Waals surface area contributed by atoms with Crippen LogP contribution in [0.3, 0.4) is 0 Å². The van der Waals surface area contributed by atoms with Gasteiger partial charge in [0, 0.05) is 37.7 Å². The summed E-state index contributed by atoms with van der Waals surface area (Å²) in [6.07, 6.45) is -0.288. The summed E-state index contributed by atoms with van der Waals surface area (Å²) in [4.78, 5) is 28.0. The molecule has 1 atom stereocenters. The van der Waals surface area contributed by atoms with Crippen molar-refractivity contribution in [1.82, 2.24) is 9.80 Å². The molecule has 37 heavy (non-hydrogen) atoms. The van der Waals surface area contributed by atoms with E-state index in [-0.39, 0.29) is 6.10 Å². The molecular formula is C28H27ClF2N2O4. The molecule has 1 aliphatic heterocycles. The number of halogens is 3. The van der Waals surface area contributed by atoms with Crippen molar-refractivity contribution in [3.05, 3.63) is 106 Å². The van der Waals surface area contributed by atoms with E-state index >= 15 is 0 Å². The number of hydrogen-bond donors (Lipinski definition) is 0. The van der Waals surface area contributed by atoms with Crippen LogP contribution in [0.4, 0.5) is 8.78 Å². The molecule has 6 nitrogen and oxygen atoms in total. The molecule has 9 heteroatoms. The summed E-state index contributed by atoms with van der Waals surface area (Å²) in [5.41, 5.74) is 1.79. The molecule has 4 rings (SSSR count). The zero-order chi connectivity index (χ0) is 26.4. The molecule has 0 saturated carbocycles. The summed E-state index contributed by atoms with van der Waals surface area (Å²) in [5, 5.41) is 0.619. The Bertz CT molecular complexity index is 1210. The first kappa shape index (κ1) is 26.7. The second kappa shape index (κ2) is 12.3. The van der Waals surface area contributed by atoms with E-state index in [0.29, 0.717) is 49.9 Å². The number of carbonyl (C=O) groups is 2. The number of esters is 1. The van der Waals surface area contributed by atoms with Crippen LogP contribution >= 0.6 is 11.6 Å². The number of carbonyl (C=O) groups excluding carboxylic acids is 2. The topological polar surface area (TPSA) is 59.1 Å². The Labute approximate surface area is 219 Å². The van der Waals surface area contributed by atoms with Gasteiger partial charge < -0.3 is 14.4 Å². The van der Waals surface area contributed by atoms with Crippen LogP contribution in [-0.4, -0.2) is 61.5 Å². The molecule has 0 spiro atoms. The molecule has 194 valence electrons. The standard InChI is InChI=1S/C28H27ClF2N2O4/c1-36-28(35)21-7-5-19(6-8-21)18-37-25(20-9-11-22(29)12-10-20)17-32-13-15-33(16-14-32)27(34)26-23(30)3-2-4-24(26)31/h2-12,25H,13-18H2,1H3/t25-/m0/s1. The van der Waals surface area contributed by atoms with Crippen LogP contribution in [-0.2, 0) is 16.1 Å². The van der Waals surface area contributed by atoms with Gasteiger partial charge in [0.05, 0.1) is 25.4 Å². The van der Waals surface area contributed by atoms with Gasteiger partial charge in [-0.3, -0.25) is 9.69 Å². The van der Waals surface area contributed by atoms with Gasteiger partial charge in [0.15, 0.2) is 0 Å². The van der Waals surface area contributed by atoms with E-state index in [4.69, 9.17) is 21.1 Å². The number of rotatable bonds is 8. The van der Waals surface area contributed by atoms with E-state index in [2.05, 4.69) is 4.90 Å². The normalized spacial score (nSPS) is 14.9. The minimum Gasteiger partial charge on any atom is -0.465 e. The molecule has 1 saturated heterocycles. The van der Waals surface area contributed by atoms with Crippen molar-refractivity contribution in [3.8, 4) is 0 Å². The summed E-state index contributed by atoms with van der Waals surface area (Å²) in [6, 6.07) is 17.9. The molecule has 1 fully saturated rings. The summed E-state index contributed by atoms with van der Waals surface area (Å²) < 4.78 is 39.2. The summed E-state index contributed by atoms with van der Waals surface area (Å²) in [7, 11) is 1.34. The largest absolute Gasteiger partial charge is 0.465 e. The number of piperazine rings is 1. The van der Waals surface area contributed by atoms with Crippen molar-refractivity contribution < 1.29 is 27.8 Å². The van der Waals surface area contributed by atoms with E-state index in [1.807, 2.05) is 24.3 Å². The molecule has 1 aliphatic rings. The molecule has 3 aromatic rings. The Hall–Kier alpha value is -3.33. The maximum absolute atomic E-state index is 14.1. The van der Waals surface area contributed by atoms with Crippen LogP contribution < -0.4 is 0 Å². The van der Waals surface area contributed by atoms with E-state index in [1.165, 1.54) is 18.1 Å². The fourth-order valence-corrected chi connectivity index (χ4v) is 4.34. The summed E-state index contributed by atoms with van der Waals surface area (Å²) in [5.74, 6) is -2.76. The lowest BCUT2D eigenvalue weighted by Crippen LogP contribution is -2.50. The summed E-state index contributed by atoms with van der Waals surface area (Å²) >= 11 is 6.07. The van der Waals surface area contributed by atoms with E-state index in [9.17, 15) is 18.4 Å². The molecule has 1 amide bonds. The average molecular weight is 529 g/mol. The van der Waals surface area contributed by atoms with Gasteiger partial charge in [0.25, 0.3) is 5.91 Å². The first-order valence-electron chi connectivity index (χ1n) is 11.9. The number of hydrogen-bond acceptors (Lipinski definition) is 5. The zero-order valence-electron chi connectivity index (χ0n) is 20.3. The predicted molar refractivity (Wildman–Crippen MR) is 135 cm³/mol. The Morgan fingerprint density at radius 2 is 1.54 bits per heavy atom. The maximum atomic E-state index is 14.1. The molecule has 0 unspecified atom stereocenters. The molecule has 1 heterocycles. The predicted octanol–water partition coefficient (Wildman–Crippen LogP) is 5.12. The Morgan fingerprint density at radius 3 is 2.14 bits per heavy atom. The zero-order valence-corrected chi connectivity index (χ0v) is 21.1. The monoisotopic (exact) mass is 528 g/mol.